The minimum Gasteiger partial charge on any atom is -0.493 e. The van der Waals surface area contributed by atoms with Crippen LogP contribution >= 0.6 is 0 Å². The first-order valence-electron chi connectivity index (χ1n) is 10.6. The molecule has 0 atom stereocenters. The first-order valence-corrected chi connectivity index (χ1v) is 10.6. The maximum Gasteiger partial charge on any atom is 0.437 e. The van der Waals surface area contributed by atoms with Gasteiger partial charge in [-0.2, -0.15) is 13.2 Å². The van der Waals surface area contributed by atoms with Crippen molar-refractivity contribution in [3.8, 4) is 5.75 Å². The van der Waals surface area contributed by atoms with E-state index in [-0.39, 0.29) is 29.7 Å². The van der Waals surface area contributed by atoms with Crippen LogP contribution in [0.5, 0.6) is 5.75 Å². The summed E-state index contributed by atoms with van der Waals surface area (Å²) in [4.78, 5) is 11.7. The minimum absolute atomic E-state index is 0.0805. The van der Waals surface area contributed by atoms with Gasteiger partial charge in [-0.25, -0.2) is 9.18 Å². The van der Waals surface area contributed by atoms with Gasteiger partial charge in [0.05, 0.1) is 24.2 Å². The fourth-order valence-electron chi connectivity index (χ4n) is 3.35. The summed E-state index contributed by atoms with van der Waals surface area (Å²) in [5.74, 6) is -0.958. The fourth-order valence-corrected chi connectivity index (χ4v) is 3.35. The summed E-state index contributed by atoms with van der Waals surface area (Å²) in [5.41, 5.74) is -0.0629. The van der Waals surface area contributed by atoms with Crippen LogP contribution in [0, 0.1) is 5.82 Å². The van der Waals surface area contributed by atoms with Gasteiger partial charge in [0.1, 0.15) is 11.6 Å². The van der Waals surface area contributed by atoms with Gasteiger partial charge >= 0.3 is 12.1 Å². The average molecular weight is 468 g/mol. The molecule has 0 aliphatic rings. The molecule has 6 nitrogen and oxygen atoms in total. The Bertz CT molecular complexity index is 1110. The highest BCUT2D eigenvalue weighted by Crippen LogP contribution is 2.38. The molecule has 0 bridgehead atoms. The zero-order chi connectivity index (χ0) is 24.0. The van der Waals surface area contributed by atoms with Crippen LogP contribution in [0.15, 0.2) is 34.9 Å². The Labute approximate surface area is 187 Å². The van der Waals surface area contributed by atoms with Gasteiger partial charge in [-0.15, -0.1) is 0 Å². The Morgan fingerprint density at radius 3 is 2.64 bits per heavy atom. The van der Waals surface area contributed by atoms with Gasteiger partial charge in [-0.05, 0) is 50.1 Å². The molecule has 0 aliphatic heterocycles. The number of aromatic nitrogens is 1. The Morgan fingerprint density at radius 2 is 1.97 bits per heavy atom. The summed E-state index contributed by atoms with van der Waals surface area (Å²) in [5, 5.41) is 6.15. The lowest BCUT2D eigenvalue weighted by Gasteiger charge is -2.12. The van der Waals surface area contributed by atoms with E-state index in [0.29, 0.717) is 42.8 Å². The predicted molar refractivity (Wildman–Crippen MR) is 114 cm³/mol. The number of aryl methyl sites for hydroxylation is 1. The number of anilines is 1. The molecule has 1 N–H and O–H groups in total. The highest BCUT2D eigenvalue weighted by molar-refractivity contribution is 5.90. The third kappa shape index (κ3) is 5.74. The molecular weight excluding hydrogens is 444 g/mol. The van der Waals surface area contributed by atoms with Gasteiger partial charge in [0, 0.05) is 17.8 Å². The molecule has 1 aromatic heterocycles. The number of benzene rings is 2. The summed E-state index contributed by atoms with van der Waals surface area (Å²) in [7, 11) is 0. The van der Waals surface area contributed by atoms with E-state index in [0.717, 1.165) is 0 Å². The van der Waals surface area contributed by atoms with Crippen molar-refractivity contribution in [3.63, 3.8) is 0 Å². The number of nitrogens with one attached hydrogen (secondary N) is 1. The molecule has 0 fully saturated rings. The number of halogens is 4. The number of hydrogen-bond acceptors (Lipinski definition) is 6. The van der Waals surface area contributed by atoms with Crippen molar-refractivity contribution < 1.29 is 36.4 Å². The number of rotatable bonds is 10. The Balaban J connectivity index is 1.59. The number of ether oxygens (including phenoxy) is 2. The van der Waals surface area contributed by atoms with E-state index in [1.165, 1.54) is 24.3 Å². The van der Waals surface area contributed by atoms with Crippen molar-refractivity contribution in [2.75, 3.05) is 25.1 Å². The largest absolute Gasteiger partial charge is 0.493 e. The Morgan fingerprint density at radius 1 is 1.18 bits per heavy atom. The molecule has 0 unspecified atom stereocenters. The van der Waals surface area contributed by atoms with Gasteiger partial charge in [0.25, 0.3) is 0 Å². The monoisotopic (exact) mass is 468 g/mol. The van der Waals surface area contributed by atoms with Crippen LogP contribution < -0.4 is 10.1 Å². The molecule has 2 aromatic carbocycles. The predicted octanol–water partition coefficient (Wildman–Crippen LogP) is 6.00. The van der Waals surface area contributed by atoms with Gasteiger partial charge < -0.3 is 19.3 Å². The lowest BCUT2D eigenvalue weighted by atomic mass is 10.0. The summed E-state index contributed by atoms with van der Waals surface area (Å²) in [6.45, 7) is 4.43. The third-order valence-electron chi connectivity index (χ3n) is 4.84. The lowest BCUT2D eigenvalue weighted by molar-refractivity contribution is -0.141. The van der Waals surface area contributed by atoms with Gasteiger partial charge in [-0.1, -0.05) is 18.5 Å². The summed E-state index contributed by atoms with van der Waals surface area (Å²) < 4.78 is 69.0. The number of nitrogens with zero attached hydrogens (tertiary/aromatic N) is 1. The smallest absolute Gasteiger partial charge is 0.437 e. The van der Waals surface area contributed by atoms with Crippen LogP contribution in [0.4, 0.5) is 23.2 Å². The molecule has 10 heteroatoms. The second kappa shape index (κ2) is 10.5. The van der Waals surface area contributed by atoms with E-state index in [1.54, 1.807) is 13.0 Å². The highest BCUT2D eigenvalue weighted by Gasteiger charge is 2.37. The number of esters is 1. The van der Waals surface area contributed by atoms with E-state index >= 15 is 0 Å². The second-order valence-corrected chi connectivity index (χ2v) is 7.24. The van der Waals surface area contributed by atoms with E-state index in [2.05, 4.69) is 10.5 Å². The molecule has 0 saturated carbocycles. The summed E-state index contributed by atoms with van der Waals surface area (Å²) in [6, 6.07) is 6.94. The molecule has 0 radical (unpaired) electrons. The zero-order valence-corrected chi connectivity index (χ0v) is 18.2. The van der Waals surface area contributed by atoms with Gasteiger partial charge in [0.2, 0.25) is 0 Å². The van der Waals surface area contributed by atoms with Gasteiger partial charge in [-0.3, -0.25) is 0 Å². The molecule has 178 valence electrons. The summed E-state index contributed by atoms with van der Waals surface area (Å²) in [6.07, 6.45) is -2.90. The van der Waals surface area contributed by atoms with Crippen molar-refractivity contribution in [1.29, 1.82) is 0 Å². The normalized spacial score (nSPS) is 11.6. The van der Waals surface area contributed by atoms with E-state index < -0.39 is 23.7 Å². The number of carbonyl (C=O) groups excluding carboxylic acids is 1. The van der Waals surface area contributed by atoms with Crippen LogP contribution in [-0.4, -0.2) is 30.9 Å². The molecule has 1 heterocycles. The molecule has 0 amide bonds. The molecule has 33 heavy (non-hydrogen) atoms. The SMILES string of the molecule is CCCc1c(OCCCNc2ccc(C(=O)OCC)c(F)c2)ccc2c(C(F)(F)F)noc12. The first kappa shape index (κ1) is 24.3. The fraction of sp³-hybridized carbons (Fsp3) is 0.391. The molecule has 0 aliphatic carbocycles. The Kier molecular flexibility index (Phi) is 7.78. The van der Waals surface area contributed by atoms with E-state index in [9.17, 15) is 22.4 Å². The van der Waals surface area contributed by atoms with Crippen LogP contribution in [0.3, 0.4) is 0 Å². The zero-order valence-electron chi connectivity index (χ0n) is 18.2. The van der Waals surface area contributed by atoms with E-state index in [1.807, 2.05) is 6.92 Å². The molecule has 3 rings (SSSR count). The van der Waals surface area contributed by atoms with Crippen molar-refractivity contribution in [2.45, 2.75) is 39.3 Å². The minimum atomic E-state index is -4.60. The number of alkyl halides is 3. The molecular formula is C23H24F4N2O4. The number of hydrogen-bond donors (Lipinski definition) is 1. The average Bonchev–Trinajstić information content (AvgIpc) is 3.20. The van der Waals surface area contributed by atoms with Crippen molar-refractivity contribution in [3.05, 3.63) is 53.0 Å². The van der Waals surface area contributed by atoms with Gasteiger partial charge in [0.15, 0.2) is 11.3 Å². The van der Waals surface area contributed by atoms with Crippen LogP contribution in [0.25, 0.3) is 11.0 Å². The number of fused-ring (bicyclic) bond motifs is 1. The molecule has 3 aromatic rings. The maximum atomic E-state index is 14.1. The highest BCUT2D eigenvalue weighted by atomic mass is 19.4. The topological polar surface area (TPSA) is 73.6 Å². The van der Waals surface area contributed by atoms with Crippen LogP contribution in [0.1, 0.15) is 48.3 Å². The lowest BCUT2D eigenvalue weighted by Crippen LogP contribution is -2.10. The van der Waals surface area contributed by atoms with E-state index in [4.69, 9.17) is 14.0 Å². The third-order valence-corrected chi connectivity index (χ3v) is 4.84. The quantitative estimate of drug-likeness (QED) is 0.224. The standard InChI is InChI=1S/C23H24F4N2O4/c1-3-6-16-19(10-9-17-20(16)33-29-21(17)23(25,26)27)32-12-5-11-28-14-7-8-15(18(24)13-14)22(30)31-4-2/h7-10,13,28H,3-6,11-12H2,1-2H3. The van der Waals surface area contributed by atoms with Crippen LogP contribution in [0.2, 0.25) is 0 Å². The first-order chi connectivity index (χ1) is 15.8. The maximum absolute atomic E-state index is 14.1. The van der Waals surface area contributed by atoms with Crippen LogP contribution in [-0.2, 0) is 17.3 Å². The summed E-state index contributed by atoms with van der Waals surface area (Å²) >= 11 is 0. The molecule has 0 saturated heterocycles. The van der Waals surface area contributed by atoms with Crippen molar-refractivity contribution >= 4 is 22.6 Å². The second-order valence-electron chi connectivity index (χ2n) is 7.24. The molecule has 0 spiro atoms. The number of carbonyl (C=O) groups is 1. The Hall–Kier alpha value is -3.30. The van der Waals surface area contributed by atoms with Crippen molar-refractivity contribution in [1.82, 2.24) is 5.16 Å². The van der Waals surface area contributed by atoms with Crippen molar-refractivity contribution in [2.24, 2.45) is 0 Å².